The topological polar surface area (TPSA) is 49.9 Å². The van der Waals surface area contributed by atoms with E-state index < -0.39 is 0 Å². The summed E-state index contributed by atoms with van der Waals surface area (Å²) < 4.78 is 6.21. The summed E-state index contributed by atoms with van der Waals surface area (Å²) in [5.41, 5.74) is 7.80. The Hall–Kier alpha value is -4.15. The molecule has 4 heteroatoms. The van der Waals surface area contributed by atoms with Gasteiger partial charge in [-0.05, 0) is 43.1 Å². The summed E-state index contributed by atoms with van der Waals surface area (Å²) >= 11 is 0. The molecule has 0 saturated heterocycles. The van der Waals surface area contributed by atoms with Gasteiger partial charge in [0.05, 0.1) is 17.0 Å². The molecule has 0 atom stereocenters. The molecule has 0 radical (unpaired) electrons. The average molecular weight is 474 g/mol. The fraction of sp³-hybridized carbons (Fsp3) is 0.156. The maximum absolute atomic E-state index is 6.21. The molecule has 0 aliphatic rings. The van der Waals surface area contributed by atoms with Crippen LogP contribution >= 0.6 is 0 Å². The number of aromatic nitrogens is 2. The fourth-order valence-corrected chi connectivity index (χ4v) is 4.38. The van der Waals surface area contributed by atoms with E-state index in [1.165, 1.54) is 11.1 Å². The Kier molecular flexibility index (Phi) is 7.55. The molecule has 0 amide bonds. The van der Waals surface area contributed by atoms with Crippen LogP contribution < -0.4 is 10.1 Å². The van der Waals surface area contributed by atoms with E-state index >= 15 is 0 Å². The number of benzene rings is 4. The number of aryl methyl sites for hydroxylation is 1. The summed E-state index contributed by atoms with van der Waals surface area (Å²) in [5.74, 6) is 1.63. The van der Waals surface area contributed by atoms with Crippen molar-refractivity contribution in [3.63, 3.8) is 0 Å². The van der Waals surface area contributed by atoms with Gasteiger partial charge in [-0.3, -0.25) is 0 Å². The number of hydrogen-bond donors (Lipinski definition) is 2. The molecule has 36 heavy (non-hydrogen) atoms. The molecule has 5 rings (SSSR count). The summed E-state index contributed by atoms with van der Waals surface area (Å²) in [5, 5.41) is 3.50. The second-order valence-electron chi connectivity index (χ2n) is 8.81. The summed E-state index contributed by atoms with van der Waals surface area (Å²) in [7, 11) is 0. The third-order valence-electron chi connectivity index (χ3n) is 6.32. The van der Waals surface area contributed by atoms with Gasteiger partial charge < -0.3 is 15.0 Å². The molecule has 0 spiro atoms. The van der Waals surface area contributed by atoms with E-state index in [1.54, 1.807) is 0 Å². The van der Waals surface area contributed by atoms with Crippen LogP contribution in [0.4, 0.5) is 0 Å². The third kappa shape index (κ3) is 5.56. The predicted molar refractivity (Wildman–Crippen MR) is 148 cm³/mol. The number of aromatic amines is 1. The first-order chi connectivity index (χ1) is 17.8. The first kappa shape index (κ1) is 23.6. The van der Waals surface area contributed by atoms with Crippen LogP contribution in [0, 0.1) is 6.92 Å². The van der Waals surface area contributed by atoms with Gasteiger partial charge >= 0.3 is 0 Å². The number of hydrogen-bond acceptors (Lipinski definition) is 3. The van der Waals surface area contributed by atoms with E-state index in [2.05, 4.69) is 71.8 Å². The standard InChI is InChI=1S/C32H31N3O/c1-24-12-8-9-13-25(24)20-21-33-22-23-36-29-19-11-10-18-28(29)32-34-30(26-14-4-2-5-15-26)31(35-32)27-16-6-3-7-17-27/h2-19,33H,20-23H2,1H3,(H,34,35). The zero-order chi connectivity index (χ0) is 24.6. The van der Waals surface area contributed by atoms with E-state index in [1.807, 2.05) is 54.6 Å². The highest BCUT2D eigenvalue weighted by atomic mass is 16.5. The minimum absolute atomic E-state index is 0.586. The molecule has 0 unspecified atom stereocenters. The molecule has 0 saturated carbocycles. The number of imidazole rings is 1. The van der Waals surface area contributed by atoms with Crippen LogP contribution in [0.5, 0.6) is 5.75 Å². The van der Waals surface area contributed by atoms with Crippen LogP contribution in [0.3, 0.4) is 0 Å². The minimum Gasteiger partial charge on any atom is -0.491 e. The van der Waals surface area contributed by atoms with Crippen molar-refractivity contribution in [2.24, 2.45) is 0 Å². The molecule has 0 aliphatic carbocycles. The number of H-pyrrole nitrogens is 1. The van der Waals surface area contributed by atoms with Gasteiger partial charge in [0.1, 0.15) is 18.2 Å². The lowest BCUT2D eigenvalue weighted by atomic mass is 10.1. The molecular weight excluding hydrogens is 442 g/mol. The third-order valence-corrected chi connectivity index (χ3v) is 6.32. The van der Waals surface area contributed by atoms with Crippen molar-refractivity contribution in [3.8, 4) is 39.7 Å². The molecule has 1 heterocycles. The largest absolute Gasteiger partial charge is 0.491 e. The Morgan fingerprint density at radius 2 is 1.39 bits per heavy atom. The maximum Gasteiger partial charge on any atom is 0.142 e. The maximum atomic E-state index is 6.21. The Morgan fingerprint density at radius 1 is 0.722 bits per heavy atom. The molecule has 2 N–H and O–H groups in total. The molecular formula is C32H31N3O. The molecule has 0 aliphatic heterocycles. The van der Waals surface area contributed by atoms with Gasteiger partial charge in [-0.25, -0.2) is 4.98 Å². The number of rotatable bonds is 10. The molecule has 4 nitrogen and oxygen atoms in total. The smallest absolute Gasteiger partial charge is 0.142 e. The Labute approximate surface area is 213 Å². The van der Waals surface area contributed by atoms with Crippen LogP contribution in [-0.4, -0.2) is 29.7 Å². The van der Waals surface area contributed by atoms with E-state index in [0.29, 0.717) is 6.61 Å². The normalized spacial score (nSPS) is 10.9. The Bertz CT molecular complexity index is 1340. The average Bonchev–Trinajstić information content (AvgIpc) is 3.38. The molecule has 5 aromatic rings. The lowest BCUT2D eigenvalue weighted by molar-refractivity contribution is 0.315. The van der Waals surface area contributed by atoms with Crippen LogP contribution in [0.2, 0.25) is 0 Å². The van der Waals surface area contributed by atoms with E-state index in [0.717, 1.165) is 59.2 Å². The van der Waals surface area contributed by atoms with E-state index in [-0.39, 0.29) is 0 Å². The van der Waals surface area contributed by atoms with Gasteiger partial charge in [0.2, 0.25) is 0 Å². The summed E-state index contributed by atoms with van der Waals surface area (Å²) in [6, 6.07) is 37.3. The second kappa shape index (κ2) is 11.5. The first-order valence-electron chi connectivity index (χ1n) is 12.5. The second-order valence-corrected chi connectivity index (χ2v) is 8.81. The van der Waals surface area contributed by atoms with E-state index in [9.17, 15) is 0 Å². The summed E-state index contributed by atoms with van der Waals surface area (Å²) in [6.45, 7) is 4.46. The molecule has 0 bridgehead atoms. The number of nitrogens with zero attached hydrogens (tertiary/aromatic N) is 1. The molecule has 1 aromatic heterocycles. The van der Waals surface area contributed by atoms with Crippen LogP contribution in [0.25, 0.3) is 33.9 Å². The predicted octanol–water partition coefficient (Wildman–Crippen LogP) is 6.93. The lowest BCUT2D eigenvalue weighted by Crippen LogP contribution is -2.23. The quantitative estimate of drug-likeness (QED) is 0.216. The van der Waals surface area contributed by atoms with Gasteiger partial charge in [-0.2, -0.15) is 0 Å². The first-order valence-corrected chi connectivity index (χ1v) is 12.5. The number of ether oxygens (including phenoxy) is 1. The van der Waals surface area contributed by atoms with Crippen molar-refractivity contribution in [3.05, 3.63) is 120 Å². The van der Waals surface area contributed by atoms with Gasteiger partial charge in [0.15, 0.2) is 0 Å². The highest BCUT2D eigenvalue weighted by molar-refractivity contribution is 5.82. The van der Waals surface area contributed by atoms with Crippen LogP contribution in [-0.2, 0) is 6.42 Å². The highest BCUT2D eigenvalue weighted by Gasteiger charge is 2.17. The highest BCUT2D eigenvalue weighted by Crippen LogP contribution is 2.35. The number of para-hydroxylation sites is 1. The minimum atomic E-state index is 0.586. The van der Waals surface area contributed by atoms with Crippen molar-refractivity contribution in [2.45, 2.75) is 13.3 Å². The van der Waals surface area contributed by atoms with Gasteiger partial charge in [-0.15, -0.1) is 0 Å². The van der Waals surface area contributed by atoms with Crippen molar-refractivity contribution in [2.75, 3.05) is 19.7 Å². The van der Waals surface area contributed by atoms with Gasteiger partial charge in [0, 0.05) is 17.7 Å². The van der Waals surface area contributed by atoms with Crippen LogP contribution in [0.1, 0.15) is 11.1 Å². The number of nitrogens with one attached hydrogen (secondary N) is 2. The fourth-order valence-electron chi connectivity index (χ4n) is 4.38. The zero-order valence-corrected chi connectivity index (χ0v) is 20.6. The van der Waals surface area contributed by atoms with Gasteiger partial charge in [-0.1, -0.05) is 97.1 Å². The summed E-state index contributed by atoms with van der Waals surface area (Å²) in [6.07, 6.45) is 1.01. The SMILES string of the molecule is Cc1ccccc1CCNCCOc1ccccc1-c1nc(-c2ccccc2)c(-c2ccccc2)[nH]1. The van der Waals surface area contributed by atoms with Crippen molar-refractivity contribution in [1.82, 2.24) is 15.3 Å². The molecule has 180 valence electrons. The van der Waals surface area contributed by atoms with E-state index in [4.69, 9.17) is 9.72 Å². The molecule has 4 aromatic carbocycles. The van der Waals surface area contributed by atoms with Gasteiger partial charge in [0.25, 0.3) is 0 Å². The van der Waals surface area contributed by atoms with Crippen molar-refractivity contribution < 1.29 is 4.74 Å². The molecule has 0 fully saturated rings. The summed E-state index contributed by atoms with van der Waals surface area (Å²) in [4.78, 5) is 8.62. The van der Waals surface area contributed by atoms with Crippen molar-refractivity contribution in [1.29, 1.82) is 0 Å². The van der Waals surface area contributed by atoms with Crippen molar-refractivity contribution >= 4 is 0 Å². The zero-order valence-electron chi connectivity index (χ0n) is 20.6. The Balaban J connectivity index is 1.30. The monoisotopic (exact) mass is 473 g/mol. The lowest BCUT2D eigenvalue weighted by Gasteiger charge is -2.11. The van der Waals surface area contributed by atoms with Crippen LogP contribution in [0.15, 0.2) is 109 Å². The Morgan fingerprint density at radius 3 is 2.17 bits per heavy atom.